The van der Waals surface area contributed by atoms with E-state index in [0.717, 1.165) is 33.1 Å². The number of hydrogen-bond acceptors (Lipinski definition) is 5. The molecule has 0 fully saturated rings. The highest BCUT2D eigenvalue weighted by Gasteiger charge is 2.13. The summed E-state index contributed by atoms with van der Waals surface area (Å²) in [6.07, 6.45) is 1.41. The smallest absolute Gasteiger partial charge is 0.261 e. The lowest BCUT2D eigenvalue weighted by molar-refractivity contribution is 0.0957. The van der Waals surface area contributed by atoms with Gasteiger partial charge >= 0.3 is 0 Å². The molecule has 0 unspecified atom stereocenters. The summed E-state index contributed by atoms with van der Waals surface area (Å²) in [7, 11) is -3.63. The van der Waals surface area contributed by atoms with E-state index in [4.69, 9.17) is 5.14 Å². The Balaban J connectivity index is 1.90. The Kier molecular flexibility index (Phi) is 5.15. The Morgan fingerprint density at radius 3 is 2.71 bits per heavy atom. The third kappa shape index (κ3) is 4.13. The number of amides is 1. The van der Waals surface area contributed by atoms with Gasteiger partial charge in [0.15, 0.2) is 0 Å². The minimum Gasteiger partial charge on any atom is -0.351 e. The predicted octanol–water partition coefficient (Wildman–Crippen LogP) is 1.99. The molecule has 0 atom stereocenters. The molecule has 8 heteroatoms. The quantitative estimate of drug-likeness (QED) is 0.840. The van der Waals surface area contributed by atoms with Crippen molar-refractivity contribution in [3.05, 3.63) is 38.9 Å². The second kappa shape index (κ2) is 6.69. The lowest BCUT2D eigenvalue weighted by Crippen LogP contribution is -2.25. The molecule has 2 aromatic heterocycles. The van der Waals surface area contributed by atoms with Crippen LogP contribution in [0.4, 0.5) is 0 Å². The van der Waals surface area contributed by atoms with Crippen LogP contribution in [0.2, 0.25) is 0 Å². The maximum Gasteiger partial charge on any atom is 0.261 e. The van der Waals surface area contributed by atoms with Crippen molar-refractivity contribution in [2.75, 3.05) is 6.54 Å². The van der Waals surface area contributed by atoms with E-state index >= 15 is 0 Å². The molecule has 0 bridgehead atoms. The number of primary sulfonamides is 1. The number of carbonyl (C=O) groups excluding carboxylic acids is 1. The zero-order valence-corrected chi connectivity index (χ0v) is 13.9. The molecule has 0 aliphatic rings. The molecule has 3 N–H and O–H groups in total. The minimum absolute atomic E-state index is 0.0786. The molecule has 2 aromatic rings. The molecule has 0 radical (unpaired) electrons. The van der Waals surface area contributed by atoms with Crippen molar-refractivity contribution >= 4 is 38.6 Å². The number of sulfonamides is 1. The molecule has 21 heavy (non-hydrogen) atoms. The van der Waals surface area contributed by atoms with E-state index in [1.165, 1.54) is 17.4 Å². The van der Waals surface area contributed by atoms with Crippen molar-refractivity contribution < 1.29 is 13.2 Å². The van der Waals surface area contributed by atoms with Crippen LogP contribution in [0.3, 0.4) is 0 Å². The van der Waals surface area contributed by atoms with Gasteiger partial charge in [0.25, 0.3) is 5.91 Å². The van der Waals surface area contributed by atoms with E-state index in [9.17, 15) is 13.2 Å². The molecule has 2 rings (SSSR count). The van der Waals surface area contributed by atoms with E-state index in [1.807, 2.05) is 18.4 Å². The van der Waals surface area contributed by atoms with Gasteiger partial charge in [0.2, 0.25) is 10.0 Å². The van der Waals surface area contributed by atoms with Crippen LogP contribution in [-0.4, -0.2) is 20.9 Å². The summed E-state index contributed by atoms with van der Waals surface area (Å²) in [5.74, 6) is -0.0786. The zero-order chi connectivity index (χ0) is 15.5. The second-order valence-electron chi connectivity index (χ2n) is 4.40. The Bertz CT molecular complexity index is 731. The average molecular weight is 344 g/mol. The summed E-state index contributed by atoms with van der Waals surface area (Å²) in [6, 6.07) is 5.17. The minimum atomic E-state index is -3.63. The molecule has 2 heterocycles. The molecule has 5 nitrogen and oxygen atoms in total. The fourth-order valence-corrected chi connectivity index (χ4v) is 4.53. The summed E-state index contributed by atoms with van der Waals surface area (Å²) < 4.78 is 22.5. The number of rotatable bonds is 6. The van der Waals surface area contributed by atoms with Gasteiger partial charge < -0.3 is 5.32 Å². The van der Waals surface area contributed by atoms with Crippen LogP contribution in [0.5, 0.6) is 0 Å². The average Bonchev–Trinajstić information content (AvgIpc) is 3.06. The number of hydrogen-bond donors (Lipinski definition) is 2. The van der Waals surface area contributed by atoms with Gasteiger partial charge in [-0.2, -0.15) is 0 Å². The fourth-order valence-electron chi connectivity index (χ4n) is 1.84. The third-order valence-corrected chi connectivity index (χ3v) is 6.45. The van der Waals surface area contributed by atoms with Gasteiger partial charge in [0, 0.05) is 11.4 Å². The summed E-state index contributed by atoms with van der Waals surface area (Å²) in [4.78, 5) is 13.6. The van der Waals surface area contributed by atoms with Gasteiger partial charge in [-0.1, -0.05) is 6.92 Å². The summed E-state index contributed by atoms with van der Waals surface area (Å²) in [6.45, 7) is 2.48. The first-order valence-corrected chi connectivity index (χ1v) is 9.62. The Morgan fingerprint density at radius 2 is 2.10 bits per heavy atom. The van der Waals surface area contributed by atoms with Gasteiger partial charge in [0.05, 0.1) is 4.88 Å². The first-order valence-electron chi connectivity index (χ1n) is 6.38. The Hall–Kier alpha value is -1.22. The molecular formula is C13H16N2O3S3. The van der Waals surface area contributed by atoms with Gasteiger partial charge in [-0.15, -0.1) is 22.7 Å². The highest BCUT2D eigenvalue weighted by atomic mass is 32.2. The standard InChI is InChI=1S/C13H16N2O3S3/c1-2-9-6-8-19-12(9)13(16)15-7-5-10-3-4-11(20-10)21(14,17)18/h3-4,6,8H,2,5,7H2,1H3,(H,15,16)(H2,14,17,18). The van der Waals surface area contributed by atoms with Crippen molar-refractivity contribution in [1.29, 1.82) is 0 Å². The maximum absolute atomic E-state index is 12.0. The highest BCUT2D eigenvalue weighted by Crippen LogP contribution is 2.21. The number of nitrogens with two attached hydrogens (primary N) is 1. The van der Waals surface area contributed by atoms with E-state index in [-0.39, 0.29) is 10.1 Å². The van der Waals surface area contributed by atoms with E-state index in [2.05, 4.69) is 5.32 Å². The molecule has 0 saturated heterocycles. The first kappa shape index (κ1) is 16.2. The van der Waals surface area contributed by atoms with Crippen LogP contribution in [0.15, 0.2) is 27.8 Å². The molecule has 0 saturated carbocycles. The highest BCUT2D eigenvalue weighted by molar-refractivity contribution is 7.91. The number of nitrogens with one attached hydrogen (secondary N) is 1. The van der Waals surface area contributed by atoms with Crippen molar-refractivity contribution in [2.45, 2.75) is 24.0 Å². The molecule has 114 valence electrons. The monoisotopic (exact) mass is 344 g/mol. The molecule has 1 amide bonds. The fraction of sp³-hybridized carbons (Fsp3) is 0.308. The topological polar surface area (TPSA) is 89.3 Å². The SMILES string of the molecule is CCc1ccsc1C(=O)NCCc1ccc(S(N)(=O)=O)s1. The van der Waals surface area contributed by atoms with Gasteiger partial charge in [-0.25, -0.2) is 13.6 Å². The van der Waals surface area contributed by atoms with Gasteiger partial charge in [0.1, 0.15) is 4.21 Å². The van der Waals surface area contributed by atoms with Crippen molar-refractivity contribution in [3.8, 4) is 0 Å². The summed E-state index contributed by atoms with van der Waals surface area (Å²) >= 11 is 2.57. The summed E-state index contributed by atoms with van der Waals surface area (Å²) in [5, 5.41) is 9.82. The lowest BCUT2D eigenvalue weighted by Gasteiger charge is -2.04. The van der Waals surface area contributed by atoms with Crippen LogP contribution in [0.25, 0.3) is 0 Å². The summed E-state index contributed by atoms with van der Waals surface area (Å²) in [5.41, 5.74) is 1.05. The van der Waals surface area contributed by atoms with E-state index < -0.39 is 10.0 Å². The van der Waals surface area contributed by atoms with Crippen LogP contribution < -0.4 is 10.5 Å². The Labute approximate surface area is 131 Å². The molecule has 0 aliphatic carbocycles. The van der Waals surface area contributed by atoms with Crippen LogP contribution in [0, 0.1) is 0 Å². The van der Waals surface area contributed by atoms with Crippen molar-refractivity contribution in [2.24, 2.45) is 5.14 Å². The lowest BCUT2D eigenvalue weighted by atomic mass is 10.2. The van der Waals surface area contributed by atoms with Crippen molar-refractivity contribution in [1.82, 2.24) is 5.32 Å². The van der Waals surface area contributed by atoms with Gasteiger partial charge in [-0.3, -0.25) is 4.79 Å². The van der Waals surface area contributed by atoms with Crippen molar-refractivity contribution in [3.63, 3.8) is 0 Å². The Morgan fingerprint density at radius 1 is 1.33 bits per heavy atom. The van der Waals surface area contributed by atoms with E-state index in [1.54, 1.807) is 6.07 Å². The van der Waals surface area contributed by atoms with E-state index in [0.29, 0.717) is 13.0 Å². The zero-order valence-electron chi connectivity index (χ0n) is 11.5. The van der Waals surface area contributed by atoms with Crippen LogP contribution in [-0.2, 0) is 22.9 Å². The van der Waals surface area contributed by atoms with Crippen LogP contribution in [0.1, 0.15) is 27.0 Å². The predicted molar refractivity (Wildman–Crippen MR) is 85.4 cm³/mol. The molecule has 0 aromatic carbocycles. The normalized spacial score (nSPS) is 11.5. The third-order valence-electron chi connectivity index (χ3n) is 2.91. The maximum atomic E-state index is 12.0. The largest absolute Gasteiger partial charge is 0.351 e. The molecule has 0 spiro atoms. The first-order chi connectivity index (χ1) is 9.91. The molecular weight excluding hydrogens is 328 g/mol. The second-order valence-corrected chi connectivity index (χ2v) is 8.27. The number of carbonyl (C=O) groups is 1. The number of aryl methyl sites for hydroxylation is 1. The van der Waals surface area contributed by atoms with Gasteiger partial charge in [-0.05, 0) is 42.0 Å². The molecule has 0 aliphatic heterocycles. The van der Waals surface area contributed by atoms with Crippen LogP contribution >= 0.6 is 22.7 Å². The number of thiophene rings is 2.